The van der Waals surface area contributed by atoms with Gasteiger partial charge < -0.3 is 18.4 Å². The second-order valence-electron chi connectivity index (χ2n) is 21.6. The highest BCUT2D eigenvalue weighted by atomic mass is 35.5. The molecule has 6 nitrogen and oxygen atoms in total. The van der Waals surface area contributed by atoms with Crippen LogP contribution in [0.1, 0.15) is 141 Å². The molecule has 0 spiro atoms. The predicted molar refractivity (Wildman–Crippen MR) is 250 cm³/mol. The maximum atomic E-state index is 14.9. The van der Waals surface area contributed by atoms with E-state index in [2.05, 4.69) is 133 Å². The van der Waals surface area contributed by atoms with E-state index in [-0.39, 0.29) is 57.7 Å². The largest absolute Gasteiger partial charge is 0.413 e. The highest BCUT2D eigenvalue weighted by Gasteiger charge is 2.50. The molecule has 1 aromatic heterocycles. The minimum absolute atomic E-state index is 0.00133. The number of aliphatic hydroxyl groups is 1. The van der Waals surface area contributed by atoms with Crippen LogP contribution in [0.15, 0.2) is 41.1 Å². The van der Waals surface area contributed by atoms with Crippen LogP contribution in [0.4, 0.5) is 0 Å². The van der Waals surface area contributed by atoms with E-state index in [1.54, 1.807) is 6.20 Å². The molecule has 0 aliphatic carbocycles. The average molecular weight is 853 g/mol. The van der Waals surface area contributed by atoms with E-state index in [0.29, 0.717) is 24.3 Å². The first kappa shape index (κ1) is 53.1. The van der Waals surface area contributed by atoms with Crippen molar-refractivity contribution in [1.82, 2.24) is 4.98 Å². The topological polar surface area (TPSA) is 77.9 Å². The Morgan fingerprint density at radius 2 is 1.36 bits per heavy atom. The van der Waals surface area contributed by atoms with Gasteiger partial charge in [-0.15, -0.1) is 0 Å². The van der Waals surface area contributed by atoms with Gasteiger partial charge in [0.2, 0.25) is 0 Å². The molecule has 0 fully saturated rings. The summed E-state index contributed by atoms with van der Waals surface area (Å²) >= 11 is 7.01. The summed E-state index contributed by atoms with van der Waals surface area (Å²) in [4.78, 5) is 19.4. The Labute approximate surface area is 353 Å². The fraction of sp³-hybridized carbons (Fsp3) is 0.783. The lowest BCUT2D eigenvalue weighted by atomic mass is 9.71. The van der Waals surface area contributed by atoms with Gasteiger partial charge in [0.25, 0.3) is 0 Å². The number of halogens is 1. The fourth-order valence-corrected chi connectivity index (χ4v) is 10.8. The summed E-state index contributed by atoms with van der Waals surface area (Å²) in [6, 6.07) is 5.84. The van der Waals surface area contributed by atoms with Gasteiger partial charge in [-0.3, -0.25) is 9.78 Å². The summed E-state index contributed by atoms with van der Waals surface area (Å²) in [6.07, 6.45) is 9.89. The van der Waals surface area contributed by atoms with E-state index in [1.165, 1.54) is 5.57 Å². The Morgan fingerprint density at radius 3 is 1.82 bits per heavy atom. The van der Waals surface area contributed by atoms with Crippen LogP contribution in [0.3, 0.4) is 0 Å². The van der Waals surface area contributed by atoms with Crippen LogP contribution in [0.2, 0.25) is 54.4 Å². The summed E-state index contributed by atoms with van der Waals surface area (Å²) in [5.41, 5.74) is 1.34. The van der Waals surface area contributed by atoms with Gasteiger partial charge in [0.1, 0.15) is 5.78 Å². The average Bonchev–Trinajstić information content (AvgIpc) is 3.04. The normalized spacial score (nSPS) is 17.4. The lowest BCUT2D eigenvalue weighted by molar-refractivity contribution is -0.142. The van der Waals surface area contributed by atoms with Crippen LogP contribution in [0, 0.1) is 17.3 Å². The van der Waals surface area contributed by atoms with Gasteiger partial charge in [-0.05, 0) is 124 Å². The molecule has 1 rings (SSSR count). The molecule has 0 aromatic carbocycles. The first-order valence-corrected chi connectivity index (χ1v) is 30.5. The number of hydrogen-bond acceptors (Lipinski definition) is 6. The fourth-order valence-electron chi connectivity index (χ4n) is 6.25. The number of nitrogens with zero attached hydrogens (tertiary/aromatic N) is 1. The molecule has 0 radical (unpaired) electrons. The van der Waals surface area contributed by atoms with E-state index >= 15 is 0 Å². The van der Waals surface area contributed by atoms with Crippen LogP contribution in [0.5, 0.6) is 0 Å². The van der Waals surface area contributed by atoms with Crippen molar-refractivity contribution in [1.29, 1.82) is 0 Å². The van der Waals surface area contributed by atoms with Gasteiger partial charge in [0.05, 0.1) is 24.0 Å². The van der Waals surface area contributed by atoms with Gasteiger partial charge >= 0.3 is 0 Å². The predicted octanol–water partition coefficient (Wildman–Crippen LogP) is 14.0. The van der Waals surface area contributed by atoms with Gasteiger partial charge in [-0.1, -0.05) is 119 Å². The Hall–Kier alpha value is -0.919. The van der Waals surface area contributed by atoms with E-state index in [9.17, 15) is 9.90 Å². The number of aromatic nitrogens is 1. The molecule has 0 aliphatic heterocycles. The molecule has 0 saturated heterocycles. The summed E-state index contributed by atoms with van der Waals surface area (Å²) in [7, 11) is -6.57. The van der Waals surface area contributed by atoms with Crippen molar-refractivity contribution in [3.8, 4) is 0 Å². The summed E-state index contributed by atoms with van der Waals surface area (Å²) in [5.74, 6) is 0.0769. The second-order valence-corrected chi connectivity index (χ2v) is 36.3. The number of carbonyl (C=O) groups excluding carboxylic acids is 1. The number of allylic oxidation sites excluding steroid dienone is 1. The molecule has 324 valence electrons. The Kier molecular flexibility index (Phi) is 20.0. The molecule has 0 unspecified atom stereocenters. The number of ketones is 1. The molecule has 5 atom stereocenters. The minimum Gasteiger partial charge on any atom is -0.413 e. The van der Waals surface area contributed by atoms with Crippen molar-refractivity contribution >= 4 is 48.4 Å². The van der Waals surface area contributed by atoms with Crippen LogP contribution in [0.25, 0.3) is 6.08 Å². The molecule has 56 heavy (non-hydrogen) atoms. The highest BCUT2D eigenvalue weighted by molar-refractivity contribution is 6.75. The number of carbonyl (C=O) groups is 1. The van der Waals surface area contributed by atoms with Crippen LogP contribution < -0.4 is 0 Å². The smallest absolute Gasteiger partial charge is 0.192 e. The van der Waals surface area contributed by atoms with Crippen molar-refractivity contribution < 1.29 is 23.2 Å². The summed E-state index contributed by atoms with van der Waals surface area (Å²) < 4.78 is 21.1. The molecule has 0 bridgehead atoms. The van der Waals surface area contributed by atoms with Crippen molar-refractivity contribution in [2.24, 2.45) is 17.3 Å². The van der Waals surface area contributed by atoms with Crippen LogP contribution in [-0.2, 0) is 18.1 Å². The molecule has 1 N–H and O–H groups in total. The van der Waals surface area contributed by atoms with Crippen LogP contribution in [-0.4, -0.2) is 65.7 Å². The summed E-state index contributed by atoms with van der Waals surface area (Å²) in [5, 5.41) is 10.9. The number of Topliss-reactive ketones (excluding diaryl/α,β-unsaturated/α-hetero) is 1. The molecule has 0 saturated carbocycles. The highest BCUT2D eigenvalue weighted by Crippen LogP contribution is 2.45. The van der Waals surface area contributed by atoms with Crippen molar-refractivity contribution in [3.63, 3.8) is 0 Å². The molecule has 1 aromatic rings. The third-order valence-electron chi connectivity index (χ3n) is 13.5. The van der Waals surface area contributed by atoms with E-state index in [0.717, 1.165) is 25.0 Å². The van der Waals surface area contributed by atoms with Crippen molar-refractivity contribution in [3.05, 3.63) is 46.8 Å². The zero-order valence-electron chi connectivity index (χ0n) is 39.7. The quantitative estimate of drug-likeness (QED) is 0.0925. The molecule has 0 amide bonds. The standard InChI is InChI=1S/C46H86ClNO5Si3/c1-21-37(42(50)46(13,14)40(30-32-49)52-55(17,18)44(7,8)9)41(53-56(19,20)45(10,11)12)35(3)26-24-25-34(2)28-29-39(51-54(15,16)43(4,5)6)38(47)33-36-27-22-23-31-48-36/h22-23,27-28,31,33,35,37,39-41,49H,21,24-26,29-30,32H2,1-20H3/t35-,37+,39-,40-,41-/m0/s1. The van der Waals surface area contributed by atoms with Gasteiger partial charge in [0, 0.05) is 29.2 Å². The maximum absolute atomic E-state index is 14.9. The third kappa shape index (κ3) is 15.3. The van der Waals surface area contributed by atoms with Crippen LogP contribution >= 0.6 is 11.6 Å². The van der Waals surface area contributed by atoms with E-state index < -0.39 is 30.4 Å². The third-order valence-corrected chi connectivity index (χ3v) is 27.3. The number of rotatable bonds is 22. The van der Waals surface area contributed by atoms with Gasteiger partial charge in [-0.2, -0.15) is 0 Å². The van der Waals surface area contributed by atoms with Gasteiger partial charge in [0.15, 0.2) is 25.0 Å². The minimum atomic E-state index is -2.24. The Bertz CT molecular complexity index is 1420. The molecule has 10 heteroatoms. The molecular formula is C46H86ClNO5Si3. The maximum Gasteiger partial charge on any atom is 0.192 e. The lowest BCUT2D eigenvalue weighted by Gasteiger charge is -2.47. The van der Waals surface area contributed by atoms with Gasteiger partial charge in [-0.25, -0.2) is 0 Å². The number of aliphatic hydroxyl groups excluding tert-OH is 1. The SMILES string of the molecule is CC[C@@H](C(=O)C(C)(C)[C@H](CCO)O[Si](C)(C)C(C)(C)C)[C@@H](O[Si](C)(C)C(C)(C)C)[C@@H](C)CCCC(C)=CC[C@H](O[Si](C)(C)C(C)(C)C)C(Cl)=Cc1ccccn1. The first-order valence-electron chi connectivity index (χ1n) is 21.4. The lowest BCUT2D eigenvalue weighted by Crippen LogP contribution is -2.54. The number of hydrogen-bond donors (Lipinski definition) is 1. The van der Waals surface area contributed by atoms with E-state index in [4.69, 9.17) is 24.9 Å². The Balaban J connectivity index is 3.40. The zero-order chi connectivity index (χ0) is 43.7. The molecular weight excluding hydrogens is 766 g/mol. The number of pyridine rings is 1. The zero-order valence-corrected chi connectivity index (χ0v) is 43.5. The monoisotopic (exact) mass is 852 g/mol. The second kappa shape index (κ2) is 21.1. The molecule has 0 aliphatic rings. The summed E-state index contributed by atoms with van der Waals surface area (Å²) in [6.45, 7) is 44.5. The van der Waals surface area contributed by atoms with Crippen molar-refractivity contribution in [2.45, 2.75) is 208 Å². The first-order chi connectivity index (χ1) is 25.3. The Morgan fingerprint density at radius 1 is 0.839 bits per heavy atom. The van der Waals surface area contributed by atoms with Crippen molar-refractivity contribution in [2.75, 3.05) is 6.61 Å². The molecule has 1 heterocycles. The van der Waals surface area contributed by atoms with E-state index in [1.807, 2.05) is 38.1 Å².